The number of aromatic amines is 1. The lowest BCUT2D eigenvalue weighted by molar-refractivity contribution is 0.0690. The minimum absolute atomic E-state index is 0.260. The van der Waals surface area contributed by atoms with Crippen LogP contribution in [0.3, 0.4) is 0 Å². The molecule has 3 aromatic carbocycles. The maximum atomic E-state index is 12.2. The van der Waals surface area contributed by atoms with Crippen LogP contribution in [0.4, 0.5) is 0 Å². The summed E-state index contributed by atoms with van der Waals surface area (Å²) in [5.74, 6) is 1.59. The van der Waals surface area contributed by atoms with Crippen LogP contribution in [0.1, 0.15) is 78.5 Å². The number of benzene rings is 3. The lowest BCUT2D eigenvalue weighted by Gasteiger charge is -2.21. The summed E-state index contributed by atoms with van der Waals surface area (Å²) in [6.07, 6.45) is 10.6. The summed E-state index contributed by atoms with van der Waals surface area (Å²) in [7, 11) is 0. The summed E-state index contributed by atoms with van der Waals surface area (Å²) in [5, 5.41) is 10.9. The molecule has 210 valence electrons. The highest BCUT2D eigenvalue weighted by Crippen LogP contribution is 2.34. The van der Waals surface area contributed by atoms with Crippen LogP contribution in [0, 0.1) is 19.8 Å². The fourth-order valence-electron chi connectivity index (χ4n) is 6.17. The van der Waals surface area contributed by atoms with E-state index < -0.39 is 5.97 Å². The van der Waals surface area contributed by atoms with Crippen LogP contribution in [-0.4, -0.2) is 29.3 Å². The smallest absolute Gasteiger partial charge is 0.352 e. The number of nitrogens with one attached hydrogen (secondary N) is 1. The van der Waals surface area contributed by atoms with Gasteiger partial charge in [0.25, 0.3) is 0 Å². The molecule has 0 amide bonds. The van der Waals surface area contributed by atoms with Crippen molar-refractivity contribution in [2.45, 2.75) is 71.6 Å². The van der Waals surface area contributed by atoms with Gasteiger partial charge in [0.15, 0.2) is 0 Å². The van der Waals surface area contributed by atoms with Crippen LogP contribution < -0.4 is 9.47 Å². The Hall–Kier alpha value is -3.73. The first-order valence-corrected chi connectivity index (χ1v) is 14.8. The molecule has 0 bridgehead atoms. The average Bonchev–Trinajstić information content (AvgIpc) is 3.33. The molecule has 5 heteroatoms. The van der Waals surface area contributed by atoms with E-state index in [1.54, 1.807) is 0 Å². The van der Waals surface area contributed by atoms with Crippen LogP contribution >= 0.6 is 0 Å². The third-order valence-corrected chi connectivity index (χ3v) is 8.20. The lowest BCUT2D eigenvalue weighted by atomic mass is 9.86. The molecule has 1 aliphatic carbocycles. The maximum Gasteiger partial charge on any atom is 0.352 e. The molecule has 1 aromatic heterocycles. The summed E-state index contributed by atoms with van der Waals surface area (Å²) >= 11 is 0. The fourth-order valence-corrected chi connectivity index (χ4v) is 6.17. The number of fused-ring (bicyclic) bond motifs is 1. The predicted molar refractivity (Wildman–Crippen MR) is 162 cm³/mol. The summed E-state index contributed by atoms with van der Waals surface area (Å²) in [4.78, 5) is 15.4. The summed E-state index contributed by atoms with van der Waals surface area (Å²) in [6, 6.07) is 20.3. The quantitative estimate of drug-likeness (QED) is 0.176. The first kappa shape index (κ1) is 27.8. The summed E-state index contributed by atoms with van der Waals surface area (Å²) in [6.45, 7) is 5.36. The molecule has 0 unspecified atom stereocenters. The van der Waals surface area contributed by atoms with Gasteiger partial charge in [0.05, 0.1) is 18.7 Å². The number of aromatic nitrogens is 1. The van der Waals surface area contributed by atoms with Crippen molar-refractivity contribution in [3.63, 3.8) is 0 Å². The number of H-pyrrole nitrogens is 1. The number of para-hydroxylation sites is 1. The normalized spacial score (nSPS) is 13.9. The van der Waals surface area contributed by atoms with Gasteiger partial charge in [-0.05, 0) is 79.8 Å². The Morgan fingerprint density at radius 2 is 1.57 bits per heavy atom. The number of aryl methyl sites for hydroxylation is 3. The fraction of sp³-hybridized carbons (Fsp3) is 0.400. The lowest BCUT2D eigenvalue weighted by Crippen LogP contribution is -2.08. The summed E-state index contributed by atoms with van der Waals surface area (Å²) in [5.41, 5.74) is 6.34. The second kappa shape index (κ2) is 13.1. The largest absolute Gasteiger partial charge is 0.493 e. The number of hydrogen-bond donors (Lipinski definition) is 2. The van der Waals surface area contributed by atoms with Gasteiger partial charge in [-0.15, -0.1) is 0 Å². The number of rotatable bonds is 12. The number of aromatic carboxylic acids is 1. The van der Waals surface area contributed by atoms with Gasteiger partial charge in [-0.25, -0.2) is 4.79 Å². The molecule has 1 saturated carbocycles. The number of carboxylic acid groups (broad SMARTS) is 1. The van der Waals surface area contributed by atoms with E-state index in [-0.39, 0.29) is 5.69 Å². The van der Waals surface area contributed by atoms with Gasteiger partial charge in [-0.2, -0.15) is 0 Å². The molecule has 5 rings (SSSR count). The van der Waals surface area contributed by atoms with Crippen molar-refractivity contribution in [3.05, 3.63) is 83.0 Å². The minimum atomic E-state index is -0.938. The molecular formula is C35H41NO4. The summed E-state index contributed by atoms with van der Waals surface area (Å²) < 4.78 is 12.2. The molecule has 1 fully saturated rings. The second-order valence-corrected chi connectivity index (χ2v) is 11.3. The zero-order valence-electron chi connectivity index (χ0n) is 23.8. The van der Waals surface area contributed by atoms with Gasteiger partial charge in [0.1, 0.15) is 17.2 Å². The van der Waals surface area contributed by atoms with Crippen LogP contribution in [0.15, 0.2) is 60.7 Å². The number of carboxylic acids is 1. The maximum absolute atomic E-state index is 12.2. The molecule has 2 N–H and O–H groups in total. The zero-order valence-corrected chi connectivity index (χ0v) is 23.8. The topological polar surface area (TPSA) is 71.5 Å². The Morgan fingerprint density at radius 3 is 2.30 bits per heavy atom. The van der Waals surface area contributed by atoms with Gasteiger partial charge >= 0.3 is 5.97 Å². The van der Waals surface area contributed by atoms with E-state index in [4.69, 9.17) is 9.47 Å². The Morgan fingerprint density at radius 1 is 0.875 bits per heavy atom. The molecule has 0 aliphatic heterocycles. The van der Waals surface area contributed by atoms with Crippen LogP contribution in [0.25, 0.3) is 22.0 Å². The first-order chi connectivity index (χ1) is 19.5. The van der Waals surface area contributed by atoms with Crippen molar-refractivity contribution in [3.8, 4) is 22.6 Å². The Balaban J connectivity index is 1.21. The van der Waals surface area contributed by atoms with Crippen LogP contribution in [0.2, 0.25) is 0 Å². The van der Waals surface area contributed by atoms with Gasteiger partial charge in [-0.3, -0.25) is 0 Å². The highest BCUT2D eigenvalue weighted by Gasteiger charge is 2.19. The van der Waals surface area contributed by atoms with Gasteiger partial charge in [-0.1, -0.05) is 74.6 Å². The Bertz CT molecular complexity index is 1450. The zero-order chi connectivity index (χ0) is 27.9. The Labute approximate surface area is 237 Å². The third kappa shape index (κ3) is 6.70. The Kier molecular flexibility index (Phi) is 9.10. The van der Waals surface area contributed by atoms with Crippen molar-refractivity contribution in [1.29, 1.82) is 0 Å². The molecule has 0 spiro atoms. The van der Waals surface area contributed by atoms with Gasteiger partial charge in [0.2, 0.25) is 0 Å². The predicted octanol–water partition coefficient (Wildman–Crippen LogP) is 8.90. The molecule has 0 atom stereocenters. The van der Waals surface area contributed by atoms with E-state index in [0.29, 0.717) is 19.4 Å². The highest BCUT2D eigenvalue weighted by atomic mass is 16.5. The van der Waals surface area contributed by atoms with Crippen LogP contribution in [-0.2, 0) is 6.42 Å². The van der Waals surface area contributed by atoms with E-state index >= 15 is 0 Å². The molecule has 1 aliphatic rings. The van der Waals surface area contributed by atoms with Crippen molar-refractivity contribution in [2.75, 3.05) is 13.2 Å². The molecule has 1 heterocycles. The van der Waals surface area contributed by atoms with Crippen molar-refractivity contribution in [1.82, 2.24) is 4.98 Å². The molecule has 4 aromatic rings. The van der Waals surface area contributed by atoms with Crippen molar-refractivity contribution >= 4 is 16.9 Å². The minimum Gasteiger partial charge on any atom is -0.493 e. The number of ether oxygens (including phenoxy) is 2. The van der Waals surface area contributed by atoms with E-state index in [1.165, 1.54) is 38.5 Å². The number of hydrogen-bond acceptors (Lipinski definition) is 3. The number of carbonyl (C=O) groups is 1. The second-order valence-electron chi connectivity index (χ2n) is 11.3. The highest BCUT2D eigenvalue weighted by molar-refractivity contribution is 6.03. The molecule has 0 saturated heterocycles. The van der Waals surface area contributed by atoms with Gasteiger partial charge in [0, 0.05) is 17.0 Å². The standard InChI is InChI=1S/C35H41NO4/c1-24-21-27(39-19-9-14-26-12-4-3-5-13-26)23-28(22-24)40-20-10-18-32-31-17-8-16-30(29-15-7-6-11-25(29)2)33(31)36-34(32)35(37)38/h6-8,11,15-17,21-23,26,36H,3-5,9-10,12-14,18-20H2,1-2H3,(H,37,38). The van der Waals surface area contributed by atoms with Crippen molar-refractivity contribution in [2.24, 2.45) is 5.92 Å². The van der Waals surface area contributed by atoms with E-state index in [9.17, 15) is 9.90 Å². The van der Waals surface area contributed by atoms with Crippen molar-refractivity contribution < 1.29 is 19.4 Å². The van der Waals surface area contributed by atoms with E-state index in [1.807, 2.05) is 42.5 Å². The van der Waals surface area contributed by atoms with E-state index in [0.717, 1.165) is 69.2 Å². The molecule has 5 nitrogen and oxygen atoms in total. The van der Waals surface area contributed by atoms with Crippen LogP contribution in [0.5, 0.6) is 11.5 Å². The molecule has 40 heavy (non-hydrogen) atoms. The van der Waals surface area contributed by atoms with E-state index in [2.05, 4.69) is 37.0 Å². The van der Waals surface area contributed by atoms with Gasteiger partial charge < -0.3 is 19.6 Å². The molecular weight excluding hydrogens is 498 g/mol. The monoisotopic (exact) mass is 539 g/mol. The average molecular weight is 540 g/mol. The first-order valence-electron chi connectivity index (χ1n) is 14.8. The molecule has 0 radical (unpaired) electrons. The SMILES string of the molecule is Cc1cc(OCCCc2c(C(=O)O)[nH]c3c(-c4ccccc4C)cccc23)cc(OCCCC2CCCCC2)c1. The third-order valence-electron chi connectivity index (χ3n) is 8.20.